The molecule has 1 heterocycles. The Labute approximate surface area is 185 Å². The van der Waals surface area contributed by atoms with Gasteiger partial charge in [0, 0.05) is 10.6 Å². The highest BCUT2D eigenvalue weighted by Gasteiger charge is 2.27. The minimum absolute atomic E-state index is 0.129. The first-order valence-corrected chi connectivity index (χ1v) is 13.0. The number of carbonyl (C=O) groups is 1. The van der Waals surface area contributed by atoms with Gasteiger partial charge in [0.2, 0.25) is 15.9 Å². The summed E-state index contributed by atoms with van der Waals surface area (Å²) in [5.41, 5.74) is 1.41. The van der Waals surface area contributed by atoms with Crippen LogP contribution < -0.4 is 10.0 Å². The van der Waals surface area contributed by atoms with Gasteiger partial charge < -0.3 is 5.32 Å². The van der Waals surface area contributed by atoms with Gasteiger partial charge in [-0.3, -0.25) is 4.79 Å². The van der Waals surface area contributed by atoms with Crippen molar-refractivity contribution < 1.29 is 13.2 Å². The van der Waals surface area contributed by atoms with Crippen molar-refractivity contribution in [3.63, 3.8) is 0 Å². The molecule has 0 aliphatic carbocycles. The maximum absolute atomic E-state index is 13.0. The molecule has 0 fully saturated rings. The number of sulfonamides is 1. The zero-order valence-corrected chi connectivity index (χ0v) is 19.7. The normalized spacial score (nSPS) is 13.0. The van der Waals surface area contributed by atoms with Crippen molar-refractivity contribution in [1.29, 1.82) is 0 Å². The summed E-state index contributed by atoms with van der Waals surface area (Å²) in [6.45, 7) is 5.79. The molecule has 0 radical (unpaired) electrons. The number of amides is 1. The number of fused-ring (bicyclic) bond motifs is 1. The fourth-order valence-electron chi connectivity index (χ4n) is 3.05. The maximum atomic E-state index is 13.0. The van der Waals surface area contributed by atoms with Crippen LogP contribution in [0.1, 0.15) is 25.3 Å². The minimum Gasteiger partial charge on any atom is -0.325 e. The van der Waals surface area contributed by atoms with Crippen LogP contribution in [0.4, 0.5) is 5.69 Å². The lowest BCUT2D eigenvalue weighted by Gasteiger charge is -2.20. The molecule has 0 aliphatic rings. The Balaban J connectivity index is 1.83. The molecule has 1 atom stereocenters. The van der Waals surface area contributed by atoms with E-state index in [1.54, 1.807) is 30.0 Å². The van der Waals surface area contributed by atoms with Crippen LogP contribution in [0.2, 0.25) is 0 Å². The van der Waals surface area contributed by atoms with Gasteiger partial charge in [-0.15, -0.1) is 23.1 Å². The summed E-state index contributed by atoms with van der Waals surface area (Å²) in [4.78, 5) is 18.4. The third-order valence-corrected chi connectivity index (χ3v) is 7.56. The molecule has 0 aliphatic heterocycles. The number of aromatic nitrogens is 1. The van der Waals surface area contributed by atoms with E-state index in [2.05, 4.69) is 15.0 Å². The van der Waals surface area contributed by atoms with Crippen LogP contribution in [0.15, 0.2) is 52.3 Å². The summed E-state index contributed by atoms with van der Waals surface area (Å²) < 4.78 is 29.4. The Morgan fingerprint density at radius 2 is 1.97 bits per heavy atom. The number of thioether (sulfide) groups is 1. The summed E-state index contributed by atoms with van der Waals surface area (Å²) in [5, 5.41) is 3.71. The standard InChI is InChI=1S/C21H25N3O3S3/c1-13(2)10-19(21(25)23-15-6-5-7-16(11-15)28-4)24-30(26,27)17-8-9-18-20(12-17)29-14(3)22-18/h5-9,11-13,19,24H,10H2,1-4H3,(H,23,25)/t19-/m0/s1. The van der Waals surface area contributed by atoms with Gasteiger partial charge in [-0.1, -0.05) is 19.9 Å². The molecule has 0 saturated carbocycles. The van der Waals surface area contributed by atoms with Crippen LogP contribution in [0.25, 0.3) is 10.2 Å². The molecule has 0 saturated heterocycles. The lowest BCUT2D eigenvalue weighted by atomic mass is 10.0. The van der Waals surface area contributed by atoms with E-state index in [0.717, 1.165) is 20.1 Å². The van der Waals surface area contributed by atoms with E-state index in [9.17, 15) is 13.2 Å². The van der Waals surface area contributed by atoms with Crippen LogP contribution in [-0.2, 0) is 14.8 Å². The molecule has 3 aromatic rings. The van der Waals surface area contributed by atoms with E-state index in [-0.39, 0.29) is 16.7 Å². The van der Waals surface area contributed by atoms with Gasteiger partial charge in [0.05, 0.1) is 20.1 Å². The fraction of sp³-hybridized carbons (Fsp3) is 0.333. The molecular formula is C21H25N3O3S3. The summed E-state index contributed by atoms with van der Waals surface area (Å²) in [7, 11) is -3.87. The van der Waals surface area contributed by atoms with Gasteiger partial charge in [0.25, 0.3) is 0 Å². The van der Waals surface area contributed by atoms with Crippen molar-refractivity contribution in [2.24, 2.45) is 5.92 Å². The number of carbonyl (C=O) groups excluding carboxylic acids is 1. The Morgan fingerprint density at radius 3 is 2.67 bits per heavy atom. The number of nitrogens with one attached hydrogen (secondary N) is 2. The van der Waals surface area contributed by atoms with Gasteiger partial charge in [-0.25, -0.2) is 13.4 Å². The predicted octanol–water partition coefficient (Wildman–Crippen LogP) is 4.66. The first-order valence-electron chi connectivity index (χ1n) is 9.52. The van der Waals surface area contributed by atoms with E-state index in [0.29, 0.717) is 12.1 Å². The fourth-order valence-corrected chi connectivity index (χ4v) is 5.69. The lowest BCUT2D eigenvalue weighted by molar-refractivity contribution is -0.118. The molecule has 160 valence electrons. The van der Waals surface area contributed by atoms with Gasteiger partial charge in [0.15, 0.2) is 0 Å². The minimum atomic E-state index is -3.87. The first-order chi connectivity index (χ1) is 14.2. The van der Waals surface area contributed by atoms with Crippen LogP contribution in [0.5, 0.6) is 0 Å². The van der Waals surface area contributed by atoms with Gasteiger partial charge in [-0.05, 0) is 61.9 Å². The molecule has 0 spiro atoms. The summed E-state index contributed by atoms with van der Waals surface area (Å²) in [6.07, 6.45) is 2.34. The van der Waals surface area contributed by atoms with E-state index in [1.807, 2.05) is 45.2 Å². The topological polar surface area (TPSA) is 88.2 Å². The predicted molar refractivity (Wildman–Crippen MR) is 125 cm³/mol. The zero-order chi connectivity index (χ0) is 21.9. The van der Waals surface area contributed by atoms with E-state index in [4.69, 9.17) is 0 Å². The van der Waals surface area contributed by atoms with Crippen molar-refractivity contribution >= 4 is 54.9 Å². The van der Waals surface area contributed by atoms with Gasteiger partial charge >= 0.3 is 0 Å². The van der Waals surface area contributed by atoms with Crippen LogP contribution in [-0.4, -0.2) is 31.6 Å². The van der Waals surface area contributed by atoms with Gasteiger partial charge in [0.1, 0.15) is 6.04 Å². The third kappa shape index (κ3) is 5.60. The second kappa shape index (κ2) is 9.47. The molecule has 0 unspecified atom stereocenters. The summed E-state index contributed by atoms with van der Waals surface area (Å²) >= 11 is 3.01. The Kier molecular flexibility index (Phi) is 7.18. The smallest absolute Gasteiger partial charge is 0.242 e. The molecule has 9 heteroatoms. The van der Waals surface area contributed by atoms with Crippen molar-refractivity contribution in [1.82, 2.24) is 9.71 Å². The molecule has 3 rings (SSSR count). The highest BCUT2D eigenvalue weighted by molar-refractivity contribution is 7.98. The number of hydrogen-bond donors (Lipinski definition) is 2. The van der Waals surface area contributed by atoms with Crippen LogP contribution in [0, 0.1) is 12.8 Å². The molecule has 1 aromatic heterocycles. The molecule has 0 bridgehead atoms. The lowest BCUT2D eigenvalue weighted by Crippen LogP contribution is -2.44. The quantitative estimate of drug-likeness (QED) is 0.475. The molecule has 30 heavy (non-hydrogen) atoms. The third-order valence-electron chi connectivity index (χ3n) is 4.44. The van der Waals surface area contributed by atoms with E-state index in [1.165, 1.54) is 17.4 Å². The van der Waals surface area contributed by atoms with Crippen LogP contribution in [0.3, 0.4) is 0 Å². The zero-order valence-electron chi connectivity index (χ0n) is 17.3. The monoisotopic (exact) mass is 463 g/mol. The molecule has 1 amide bonds. The largest absolute Gasteiger partial charge is 0.325 e. The van der Waals surface area contributed by atoms with Crippen molar-refractivity contribution in [2.75, 3.05) is 11.6 Å². The second-order valence-corrected chi connectivity index (χ2v) is 11.2. The number of benzene rings is 2. The first kappa shape index (κ1) is 22.7. The molecular weight excluding hydrogens is 438 g/mol. The van der Waals surface area contributed by atoms with E-state index < -0.39 is 16.1 Å². The van der Waals surface area contributed by atoms with Crippen molar-refractivity contribution in [3.05, 3.63) is 47.5 Å². The average molecular weight is 464 g/mol. The van der Waals surface area contributed by atoms with E-state index >= 15 is 0 Å². The Hall–Kier alpha value is -1.94. The van der Waals surface area contributed by atoms with Crippen molar-refractivity contribution in [3.8, 4) is 0 Å². The number of thiazole rings is 1. The number of aryl methyl sites for hydroxylation is 1. The second-order valence-electron chi connectivity index (χ2n) is 7.39. The number of hydrogen-bond acceptors (Lipinski definition) is 6. The Bertz CT molecular complexity index is 1160. The number of anilines is 1. The maximum Gasteiger partial charge on any atom is 0.242 e. The van der Waals surface area contributed by atoms with Crippen LogP contribution >= 0.6 is 23.1 Å². The highest BCUT2D eigenvalue weighted by atomic mass is 32.2. The molecule has 2 aromatic carbocycles. The average Bonchev–Trinajstić information content (AvgIpc) is 3.06. The summed E-state index contributed by atoms with van der Waals surface area (Å²) in [6, 6.07) is 11.4. The number of nitrogens with zero attached hydrogens (tertiary/aromatic N) is 1. The van der Waals surface area contributed by atoms with Crippen molar-refractivity contribution in [2.45, 2.75) is 43.0 Å². The number of rotatable bonds is 8. The highest BCUT2D eigenvalue weighted by Crippen LogP contribution is 2.25. The Morgan fingerprint density at radius 1 is 1.20 bits per heavy atom. The van der Waals surface area contributed by atoms with Gasteiger partial charge in [-0.2, -0.15) is 4.72 Å². The molecule has 6 nitrogen and oxygen atoms in total. The summed E-state index contributed by atoms with van der Waals surface area (Å²) in [5.74, 6) is -0.243. The molecule has 2 N–H and O–H groups in total. The SMILES string of the molecule is CSc1cccc(NC(=O)[C@H](CC(C)C)NS(=O)(=O)c2ccc3nc(C)sc3c2)c1.